The van der Waals surface area contributed by atoms with Gasteiger partial charge in [-0.3, -0.25) is 10.1 Å². The lowest BCUT2D eigenvalue weighted by atomic mass is 10.1. The SMILES string of the molecule is O=C(O)c1ccnc2c([N+](=O)[O-])c(F)ccc12. The fraction of sp³-hybridized carbons (Fsp3) is 0. The minimum atomic E-state index is -1.25. The molecular formula is C10H5FN2O4. The molecular weight excluding hydrogens is 231 g/mol. The molecule has 0 spiro atoms. The quantitative estimate of drug-likeness (QED) is 0.635. The molecule has 0 radical (unpaired) electrons. The van der Waals surface area contributed by atoms with Crippen molar-refractivity contribution in [2.45, 2.75) is 0 Å². The molecule has 86 valence electrons. The van der Waals surface area contributed by atoms with E-state index in [0.29, 0.717) is 0 Å². The van der Waals surface area contributed by atoms with Gasteiger partial charge in [-0.15, -0.1) is 0 Å². The van der Waals surface area contributed by atoms with Crippen LogP contribution in [-0.2, 0) is 0 Å². The third-order valence-corrected chi connectivity index (χ3v) is 2.25. The topological polar surface area (TPSA) is 93.3 Å². The number of pyridine rings is 1. The Balaban J connectivity index is 2.93. The van der Waals surface area contributed by atoms with Crippen LogP contribution in [0.25, 0.3) is 10.9 Å². The summed E-state index contributed by atoms with van der Waals surface area (Å²) in [5, 5.41) is 19.6. The Morgan fingerprint density at radius 1 is 1.41 bits per heavy atom. The van der Waals surface area contributed by atoms with Crippen LogP contribution in [0.1, 0.15) is 10.4 Å². The van der Waals surface area contributed by atoms with Crippen molar-refractivity contribution in [2.75, 3.05) is 0 Å². The van der Waals surface area contributed by atoms with E-state index in [1.54, 1.807) is 0 Å². The van der Waals surface area contributed by atoms with Gasteiger partial charge in [-0.25, -0.2) is 9.78 Å². The Hall–Kier alpha value is -2.57. The number of nitro benzene ring substituents is 1. The number of halogens is 1. The number of carboxylic acid groups (broad SMARTS) is 1. The number of fused-ring (bicyclic) bond motifs is 1. The fourth-order valence-corrected chi connectivity index (χ4v) is 1.54. The molecule has 6 nitrogen and oxygen atoms in total. The average molecular weight is 236 g/mol. The van der Waals surface area contributed by atoms with Crippen molar-refractivity contribution in [2.24, 2.45) is 0 Å². The molecule has 0 saturated carbocycles. The summed E-state index contributed by atoms with van der Waals surface area (Å²) in [6.07, 6.45) is 1.10. The largest absolute Gasteiger partial charge is 0.478 e. The van der Waals surface area contributed by atoms with E-state index in [1.165, 1.54) is 6.07 Å². The molecule has 1 aromatic carbocycles. The monoisotopic (exact) mass is 236 g/mol. The van der Waals surface area contributed by atoms with Crippen LogP contribution in [0.15, 0.2) is 24.4 Å². The molecule has 17 heavy (non-hydrogen) atoms. The van der Waals surface area contributed by atoms with E-state index in [2.05, 4.69) is 4.98 Å². The first kappa shape index (κ1) is 10.9. The summed E-state index contributed by atoms with van der Waals surface area (Å²) in [7, 11) is 0. The van der Waals surface area contributed by atoms with Crippen molar-refractivity contribution in [3.05, 3.63) is 45.9 Å². The van der Waals surface area contributed by atoms with Crippen LogP contribution in [0.5, 0.6) is 0 Å². The second-order valence-corrected chi connectivity index (χ2v) is 3.21. The maximum absolute atomic E-state index is 13.3. The second kappa shape index (κ2) is 3.78. The maximum atomic E-state index is 13.3. The van der Waals surface area contributed by atoms with Crippen LogP contribution >= 0.6 is 0 Å². The molecule has 7 heteroatoms. The van der Waals surface area contributed by atoms with E-state index in [0.717, 1.165) is 18.3 Å². The molecule has 0 bridgehead atoms. The maximum Gasteiger partial charge on any atom is 0.336 e. The van der Waals surface area contributed by atoms with E-state index in [4.69, 9.17) is 5.11 Å². The predicted molar refractivity (Wildman–Crippen MR) is 55.3 cm³/mol. The van der Waals surface area contributed by atoms with Crippen LogP contribution in [0.3, 0.4) is 0 Å². The highest BCUT2D eigenvalue weighted by atomic mass is 19.1. The van der Waals surface area contributed by atoms with Gasteiger partial charge in [0.2, 0.25) is 5.82 Å². The molecule has 1 heterocycles. The van der Waals surface area contributed by atoms with Crippen LogP contribution in [0.4, 0.5) is 10.1 Å². The zero-order valence-electron chi connectivity index (χ0n) is 8.25. The Kier molecular flexibility index (Phi) is 2.43. The van der Waals surface area contributed by atoms with E-state index < -0.39 is 22.4 Å². The van der Waals surface area contributed by atoms with Gasteiger partial charge in [0.15, 0.2) is 5.52 Å². The summed E-state index contributed by atoms with van der Waals surface area (Å²) in [5.41, 5.74) is -1.24. The lowest BCUT2D eigenvalue weighted by Crippen LogP contribution is -2.01. The van der Waals surface area contributed by atoms with E-state index in [-0.39, 0.29) is 16.5 Å². The van der Waals surface area contributed by atoms with Crippen molar-refractivity contribution in [1.82, 2.24) is 4.98 Å². The van der Waals surface area contributed by atoms with Gasteiger partial charge in [-0.1, -0.05) is 0 Å². The predicted octanol–water partition coefficient (Wildman–Crippen LogP) is 1.98. The molecule has 2 rings (SSSR count). The Labute approximate surface area is 93.5 Å². The summed E-state index contributed by atoms with van der Waals surface area (Å²) < 4.78 is 13.3. The normalized spacial score (nSPS) is 10.4. The Morgan fingerprint density at radius 3 is 2.71 bits per heavy atom. The van der Waals surface area contributed by atoms with Crippen molar-refractivity contribution in [3.63, 3.8) is 0 Å². The number of aromatic carboxylic acids is 1. The molecule has 0 atom stereocenters. The molecule has 0 unspecified atom stereocenters. The first-order valence-corrected chi connectivity index (χ1v) is 4.47. The number of benzene rings is 1. The van der Waals surface area contributed by atoms with Crippen LogP contribution in [-0.4, -0.2) is 21.0 Å². The number of rotatable bonds is 2. The molecule has 1 N–H and O–H groups in total. The molecule has 2 aromatic rings. The number of hydrogen-bond acceptors (Lipinski definition) is 4. The standard InChI is InChI=1S/C10H5FN2O4/c11-7-2-1-5-6(10(14)15)3-4-12-8(5)9(7)13(16)17/h1-4H,(H,14,15). The van der Waals surface area contributed by atoms with Gasteiger partial charge < -0.3 is 5.11 Å². The van der Waals surface area contributed by atoms with Crippen molar-refractivity contribution in [3.8, 4) is 0 Å². The second-order valence-electron chi connectivity index (χ2n) is 3.21. The molecule has 0 aliphatic carbocycles. The van der Waals surface area contributed by atoms with E-state index in [1.807, 2.05) is 0 Å². The summed E-state index contributed by atoms with van der Waals surface area (Å²) in [4.78, 5) is 24.3. The minimum absolute atomic E-state index is 0.0353. The number of carbonyl (C=O) groups is 1. The van der Waals surface area contributed by atoms with Gasteiger partial charge in [-0.2, -0.15) is 4.39 Å². The lowest BCUT2D eigenvalue weighted by Gasteiger charge is -2.02. The smallest absolute Gasteiger partial charge is 0.336 e. The number of aromatic nitrogens is 1. The highest BCUT2D eigenvalue weighted by Crippen LogP contribution is 2.28. The number of nitrogens with zero attached hydrogens (tertiary/aromatic N) is 2. The first-order valence-electron chi connectivity index (χ1n) is 4.47. The molecule has 0 aliphatic rings. The van der Waals surface area contributed by atoms with Crippen molar-refractivity contribution >= 4 is 22.6 Å². The zero-order chi connectivity index (χ0) is 12.6. The zero-order valence-corrected chi connectivity index (χ0v) is 8.25. The van der Waals surface area contributed by atoms with Crippen LogP contribution in [0.2, 0.25) is 0 Å². The first-order chi connectivity index (χ1) is 8.02. The fourth-order valence-electron chi connectivity index (χ4n) is 1.54. The summed E-state index contributed by atoms with van der Waals surface area (Å²) in [5.74, 6) is -2.30. The average Bonchev–Trinajstić information content (AvgIpc) is 2.26. The van der Waals surface area contributed by atoms with E-state index in [9.17, 15) is 19.3 Å². The lowest BCUT2D eigenvalue weighted by molar-refractivity contribution is -0.385. The van der Waals surface area contributed by atoms with Crippen molar-refractivity contribution in [1.29, 1.82) is 0 Å². The highest BCUT2D eigenvalue weighted by Gasteiger charge is 2.22. The molecule has 0 saturated heterocycles. The van der Waals surface area contributed by atoms with Crippen LogP contribution < -0.4 is 0 Å². The summed E-state index contributed by atoms with van der Waals surface area (Å²) >= 11 is 0. The van der Waals surface area contributed by atoms with Gasteiger partial charge >= 0.3 is 11.7 Å². The summed E-state index contributed by atoms with van der Waals surface area (Å²) in [6, 6.07) is 3.22. The van der Waals surface area contributed by atoms with Gasteiger partial charge in [0.25, 0.3) is 0 Å². The molecule has 1 aromatic heterocycles. The summed E-state index contributed by atoms with van der Waals surface area (Å²) in [6.45, 7) is 0. The number of carboxylic acids is 1. The third kappa shape index (κ3) is 1.67. The van der Waals surface area contributed by atoms with E-state index >= 15 is 0 Å². The molecule has 0 amide bonds. The number of hydrogen-bond donors (Lipinski definition) is 1. The van der Waals surface area contributed by atoms with Gasteiger partial charge in [-0.05, 0) is 18.2 Å². The highest BCUT2D eigenvalue weighted by molar-refractivity contribution is 6.04. The van der Waals surface area contributed by atoms with Gasteiger partial charge in [0, 0.05) is 11.6 Å². The minimum Gasteiger partial charge on any atom is -0.478 e. The van der Waals surface area contributed by atoms with Crippen LogP contribution in [0, 0.1) is 15.9 Å². The van der Waals surface area contributed by atoms with Gasteiger partial charge in [0.1, 0.15) is 0 Å². The van der Waals surface area contributed by atoms with Gasteiger partial charge in [0.05, 0.1) is 10.5 Å². The molecule has 0 fully saturated rings. The molecule has 0 aliphatic heterocycles. The Morgan fingerprint density at radius 2 is 2.12 bits per heavy atom. The third-order valence-electron chi connectivity index (χ3n) is 2.25. The van der Waals surface area contributed by atoms with Crippen molar-refractivity contribution < 1.29 is 19.2 Å². The Bertz CT molecular complexity index is 641. The number of nitro groups is 1.